The zero-order valence-electron chi connectivity index (χ0n) is 9.79. The van der Waals surface area contributed by atoms with Crippen molar-refractivity contribution in [2.75, 3.05) is 13.1 Å². The van der Waals surface area contributed by atoms with Gasteiger partial charge in [0.15, 0.2) is 0 Å². The molecular formula is C11H17ClN2O2. The third-order valence-electron chi connectivity index (χ3n) is 2.48. The van der Waals surface area contributed by atoms with Crippen LogP contribution in [0.3, 0.4) is 0 Å². The van der Waals surface area contributed by atoms with E-state index in [0.29, 0.717) is 6.54 Å². The highest BCUT2D eigenvalue weighted by Crippen LogP contribution is 2.23. The third kappa shape index (κ3) is 2.98. The first-order valence-electron chi connectivity index (χ1n) is 5.19. The number of carbonyl (C=O) groups is 2. The molecule has 0 aromatic rings. The summed E-state index contributed by atoms with van der Waals surface area (Å²) in [5.41, 5.74) is 1.07. The molecule has 16 heavy (non-hydrogen) atoms. The highest BCUT2D eigenvalue weighted by molar-refractivity contribution is 6.25. The van der Waals surface area contributed by atoms with Crippen LogP contribution in [0.1, 0.15) is 20.8 Å². The van der Waals surface area contributed by atoms with Crippen molar-refractivity contribution in [2.24, 2.45) is 5.41 Å². The molecule has 4 nitrogen and oxygen atoms in total. The second-order valence-corrected chi connectivity index (χ2v) is 5.20. The Kier molecular flexibility index (Phi) is 3.97. The molecule has 0 aromatic heterocycles. The Bertz CT molecular complexity index is 320. The summed E-state index contributed by atoms with van der Waals surface area (Å²) in [6.07, 6.45) is 1.65. The largest absolute Gasteiger partial charge is 0.342 e. The maximum absolute atomic E-state index is 12.1. The van der Waals surface area contributed by atoms with E-state index in [2.05, 4.69) is 5.32 Å². The molecule has 1 atom stereocenters. The van der Waals surface area contributed by atoms with Crippen molar-refractivity contribution in [3.63, 3.8) is 0 Å². The molecule has 1 N–H and O–H groups in total. The van der Waals surface area contributed by atoms with Gasteiger partial charge in [-0.15, -0.1) is 0 Å². The van der Waals surface area contributed by atoms with E-state index >= 15 is 0 Å². The Hall–Kier alpha value is -1.03. The lowest BCUT2D eigenvalue weighted by atomic mass is 9.85. The van der Waals surface area contributed by atoms with Crippen molar-refractivity contribution in [1.82, 2.24) is 10.2 Å². The lowest BCUT2D eigenvalue weighted by Gasteiger charge is -2.38. The van der Waals surface area contributed by atoms with Gasteiger partial charge in [-0.2, -0.15) is 0 Å². The van der Waals surface area contributed by atoms with Crippen LogP contribution in [0.15, 0.2) is 11.6 Å². The van der Waals surface area contributed by atoms with E-state index in [1.807, 2.05) is 20.8 Å². The van der Waals surface area contributed by atoms with Gasteiger partial charge >= 0.3 is 0 Å². The molecule has 0 bridgehead atoms. The van der Waals surface area contributed by atoms with Crippen LogP contribution in [0, 0.1) is 5.41 Å². The summed E-state index contributed by atoms with van der Waals surface area (Å²) >= 11 is 5.41. The summed E-state index contributed by atoms with van der Waals surface area (Å²) in [7, 11) is 0. The molecule has 1 aliphatic heterocycles. The van der Waals surface area contributed by atoms with E-state index in [4.69, 9.17) is 11.6 Å². The van der Waals surface area contributed by atoms with Crippen LogP contribution in [-0.2, 0) is 9.59 Å². The minimum absolute atomic E-state index is 0.0538. The monoisotopic (exact) mass is 244 g/mol. The number of nitrogens with zero attached hydrogens (tertiary/aromatic N) is 1. The van der Waals surface area contributed by atoms with Crippen LogP contribution in [0.5, 0.6) is 0 Å². The highest BCUT2D eigenvalue weighted by Gasteiger charge is 2.39. The van der Waals surface area contributed by atoms with Crippen molar-refractivity contribution >= 4 is 23.4 Å². The number of rotatable bonds is 2. The number of hydrogen-bond acceptors (Lipinski definition) is 2. The normalized spacial score (nSPS) is 22.8. The van der Waals surface area contributed by atoms with Crippen LogP contribution in [-0.4, -0.2) is 35.8 Å². The number of nitrogens with one attached hydrogen (secondary N) is 1. The van der Waals surface area contributed by atoms with E-state index < -0.39 is 6.04 Å². The van der Waals surface area contributed by atoms with Crippen LogP contribution in [0.4, 0.5) is 0 Å². The maximum atomic E-state index is 12.1. The first-order valence-corrected chi connectivity index (χ1v) is 5.63. The van der Waals surface area contributed by atoms with Crippen LogP contribution in [0.2, 0.25) is 0 Å². The first kappa shape index (κ1) is 13.0. The van der Waals surface area contributed by atoms with Gasteiger partial charge in [0.05, 0.1) is 6.54 Å². The zero-order valence-corrected chi connectivity index (χ0v) is 10.5. The van der Waals surface area contributed by atoms with E-state index in [9.17, 15) is 9.59 Å². The molecule has 1 heterocycles. The molecule has 0 aliphatic carbocycles. The number of halogens is 1. The fraction of sp³-hybridized carbons (Fsp3) is 0.636. The van der Waals surface area contributed by atoms with Crippen molar-refractivity contribution in [3.8, 4) is 0 Å². The summed E-state index contributed by atoms with van der Waals surface area (Å²) in [6.45, 7) is 6.26. The quantitative estimate of drug-likeness (QED) is 0.791. The second-order valence-electron chi connectivity index (χ2n) is 4.95. The number of hydrogen-bond donors (Lipinski definition) is 1. The summed E-state index contributed by atoms with van der Waals surface area (Å²) in [5, 5.41) is 2.73. The van der Waals surface area contributed by atoms with Gasteiger partial charge in [0.2, 0.25) is 11.8 Å². The lowest BCUT2D eigenvalue weighted by Crippen LogP contribution is -2.62. The average Bonchev–Trinajstić information content (AvgIpc) is 2.17. The Morgan fingerprint density at radius 2 is 2.12 bits per heavy atom. The minimum atomic E-state index is -0.461. The molecule has 1 fully saturated rings. The topological polar surface area (TPSA) is 49.4 Å². The fourth-order valence-corrected chi connectivity index (χ4v) is 1.69. The van der Waals surface area contributed by atoms with Gasteiger partial charge in [-0.3, -0.25) is 9.59 Å². The van der Waals surface area contributed by atoms with E-state index in [1.165, 1.54) is 10.4 Å². The average molecular weight is 245 g/mol. The predicted octanol–water partition coefficient (Wildman–Crippen LogP) is 1.11. The van der Waals surface area contributed by atoms with Gasteiger partial charge < -0.3 is 10.2 Å². The van der Waals surface area contributed by atoms with Crippen molar-refractivity contribution < 1.29 is 9.59 Å². The van der Waals surface area contributed by atoms with Crippen LogP contribution in [0.25, 0.3) is 0 Å². The predicted molar refractivity (Wildman–Crippen MR) is 63.0 cm³/mol. The molecule has 0 spiro atoms. The fourth-order valence-electron chi connectivity index (χ4n) is 1.61. The van der Waals surface area contributed by atoms with Crippen molar-refractivity contribution in [1.29, 1.82) is 0 Å². The van der Waals surface area contributed by atoms with E-state index in [1.54, 1.807) is 6.08 Å². The highest BCUT2D eigenvalue weighted by atomic mass is 35.5. The Morgan fingerprint density at radius 3 is 2.62 bits per heavy atom. The molecule has 0 saturated carbocycles. The lowest BCUT2D eigenvalue weighted by molar-refractivity contribution is -0.146. The Balaban J connectivity index is 2.82. The van der Waals surface area contributed by atoms with Gasteiger partial charge in [0.25, 0.3) is 0 Å². The number of piperazine rings is 1. The van der Waals surface area contributed by atoms with Gasteiger partial charge in [0, 0.05) is 12.1 Å². The standard InChI is InChI=1S/C11H17ClN2O2/c1-11(2,3)9-10(16)14(6-4-5-12)7-8(15)13-9/h4-5,9H,6-7H2,1-3H3,(H,13,15)/b5-4+. The molecule has 5 heteroatoms. The Morgan fingerprint density at radius 1 is 1.50 bits per heavy atom. The number of amides is 2. The van der Waals surface area contributed by atoms with Gasteiger partial charge in [-0.25, -0.2) is 0 Å². The second kappa shape index (κ2) is 4.87. The minimum Gasteiger partial charge on any atom is -0.342 e. The maximum Gasteiger partial charge on any atom is 0.246 e. The summed E-state index contributed by atoms with van der Waals surface area (Å²) in [5.74, 6) is -0.177. The Labute approximate surface area is 101 Å². The SMILES string of the molecule is CC(C)(C)C1NC(=O)CN(C/C=C/Cl)C1=O. The van der Waals surface area contributed by atoms with Gasteiger partial charge in [0.1, 0.15) is 6.04 Å². The van der Waals surface area contributed by atoms with E-state index in [-0.39, 0.29) is 23.8 Å². The zero-order chi connectivity index (χ0) is 12.3. The molecule has 0 radical (unpaired) electrons. The van der Waals surface area contributed by atoms with Crippen molar-refractivity contribution in [3.05, 3.63) is 11.6 Å². The molecule has 90 valence electrons. The molecule has 1 saturated heterocycles. The molecule has 2 amide bonds. The number of carbonyl (C=O) groups excluding carboxylic acids is 2. The van der Waals surface area contributed by atoms with Gasteiger partial charge in [-0.05, 0) is 5.41 Å². The molecule has 0 aromatic carbocycles. The summed E-state index contributed by atoms with van der Waals surface area (Å²) in [4.78, 5) is 25.0. The summed E-state index contributed by atoms with van der Waals surface area (Å²) < 4.78 is 0. The van der Waals surface area contributed by atoms with Crippen molar-refractivity contribution in [2.45, 2.75) is 26.8 Å². The first-order chi connectivity index (χ1) is 7.36. The van der Waals surface area contributed by atoms with Crippen LogP contribution >= 0.6 is 11.6 Å². The summed E-state index contributed by atoms with van der Waals surface area (Å²) in [6, 6.07) is -0.461. The smallest absolute Gasteiger partial charge is 0.246 e. The van der Waals surface area contributed by atoms with Crippen LogP contribution < -0.4 is 5.32 Å². The molecule has 1 rings (SSSR count). The third-order valence-corrected chi connectivity index (χ3v) is 2.66. The molecular weight excluding hydrogens is 228 g/mol. The molecule has 1 aliphatic rings. The van der Waals surface area contributed by atoms with E-state index in [0.717, 1.165) is 0 Å². The molecule has 1 unspecified atom stereocenters. The van der Waals surface area contributed by atoms with Gasteiger partial charge in [-0.1, -0.05) is 38.4 Å².